The number of thiazole rings is 1. The van der Waals surface area contributed by atoms with Gasteiger partial charge in [-0.15, -0.1) is 11.3 Å². The lowest BCUT2D eigenvalue weighted by atomic mass is 10.1. The lowest BCUT2D eigenvalue weighted by Crippen LogP contribution is -2.22. The maximum atomic E-state index is 5.58. The van der Waals surface area contributed by atoms with Crippen LogP contribution in [0.2, 0.25) is 0 Å². The summed E-state index contributed by atoms with van der Waals surface area (Å²) >= 11 is 1.62. The fourth-order valence-electron chi connectivity index (χ4n) is 1.88. The summed E-state index contributed by atoms with van der Waals surface area (Å²) in [4.78, 5) is 4.38. The van der Waals surface area contributed by atoms with Gasteiger partial charge >= 0.3 is 0 Å². The average Bonchev–Trinajstić information content (AvgIpc) is 2.85. The molecule has 0 fully saturated rings. The summed E-state index contributed by atoms with van der Waals surface area (Å²) in [7, 11) is 0. The van der Waals surface area contributed by atoms with Crippen LogP contribution in [0.1, 0.15) is 35.7 Å². The van der Waals surface area contributed by atoms with Crippen molar-refractivity contribution in [1.82, 2.24) is 10.3 Å². The molecule has 2 heterocycles. The highest BCUT2D eigenvalue weighted by molar-refractivity contribution is 7.07. The molecule has 2 rings (SSSR count). The second-order valence-electron chi connectivity index (χ2n) is 3.77. The molecule has 1 unspecified atom stereocenters. The summed E-state index contributed by atoms with van der Waals surface area (Å²) in [6, 6.07) is 2.23. The first-order valence-corrected chi connectivity index (χ1v) is 6.35. The van der Waals surface area contributed by atoms with Crippen molar-refractivity contribution < 1.29 is 4.42 Å². The Morgan fingerprint density at radius 3 is 2.81 bits per heavy atom. The van der Waals surface area contributed by atoms with E-state index in [9.17, 15) is 0 Å². The maximum Gasteiger partial charge on any atom is 0.106 e. The Morgan fingerprint density at radius 1 is 1.50 bits per heavy atom. The summed E-state index contributed by atoms with van der Waals surface area (Å²) in [6.07, 6.45) is 0. The molecule has 0 aromatic carbocycles. The molecule has 0 amide bonds. The van der Waals surface area contributed by atoms with E-state index in [4.69, 9.17) is 4.42 Å². The quantitative estimate of drug-likeness (QED) is 0.886. The zero-order valence-electron chi connectivity index (χ0n) is 9.78. The summed E-state index contributed by atoms with van der Waals surface area (Å²) < 4.78 is 5.58. The van der Waals surface area contributed by atoms with Crippen molar-refractivity contribution in [2.75, 3.05) is 6.54 Å². The van der Waals surface area contributed by atoms with Gasteiger partial charge in [-0.25, -0.2) is 4.98 Å². The number of rotatable bonds is 4. The molecule has 0 saturated heterocycles. The number of nitrogens with one attached hydrogen (secondary N) is 1. The van der Waals surface area contributed by atoms with Crippen molar-refractivity contribution >= 4 is 11.3 Å². The molecule has 0 aliphatic carbocycles. The topological polar surface area (TPSA) is 38.1 Å². The Labute approximate surface area is 99.5 Å². The van der Waals surface area contributed by atoms with Gasteiger partial charge in [-0.3, -0.25) is 0 Å². The lowest BCUT2D eigenvalue weighted by molar-refractivity contribution is 0.494. The van der Waals surface area contributed by atoms with E-state index in [0.29, 0.717) is 0 Å². The fourth-order valence-corrected chi connectivity index (χ4v) is 2.46. The lowest BCUT2D eigenvalue weighted by Gasteiger charge is -2.14. The number of aromatic nitrogens is 1. The van der Waals surface area contributed by atoms with Gasteiger partial charge in [0.25, 0.3) is 0 Å². The molecule has 4 heteroatoms. The minimum atomic E-state index is 0.147. The third-order valence-corrected chi connectivity index (χ3v) is 3.15. The van der Waals surface area contributed by atoms with E-state index in [1.165, 1.54) is 5.56 Å². The van der Waals surface area contributed by atoms with Crippen molar-refractivity contribution in [2.45, 2.75) is 26.8 Å². The van der Waals surface area contributed by atoms with Crippen LogP contribution in [0.15, 0.2) is 21.4 Å². The third-order valence-electron chi connectivity index (χ3n) is 2.55. The number of hydrogen-bond donors (Lipinski definition) is 1. The number of aryl methyl sites for hydroxylation is 2. The second kappa shape index (κ2) is 4.80. The molecule has 0 radical (unpaired) electrons. The van der Waals surface area contributed by atoms with Gasteiger partial charge in [0.1, 0.15) is 11.5 Å². The fraction of sp³-hybridized carbons (Fsp3) is 0.417. The molecule has 0 aliphatic rings. The van der Waals surface area contributed by atoms with E-state index in [-0.39, 0.29) is 6.04 Å². The molecular formula is C12H16N2OS. The van der Waals surface area contributed by atoms with Gasteiger partial charge in [-0.2, -0.15) is 0 Å². The summed E-state index contributed by atoms with van der Waals surface area (Å²) in [6.45, 7) is 6.98. The van der Waals surface area contributed by atoms with E-state index in [1.807, 2.05) is 19.4 Å². The number of nitrogens with zero attached hydrogens (tertiary/aromatic N) is 1. The molecule has 0 saturated carbocycles. The predicted octanol–water partition coefficient (Wildman–Crippen LogP) is 3.05. The van der Waals surface area contributed by atoms with Crippen molar-refractivity contribution in [3.8, 4) is 0 Å². The summed E-state index contributed by atoms with van der Waals surface area (Å²) in [5.74, 6) is 1.92. The van der Waals surface area contributed by atoms with Crippen LogP contribution in [0.3, 0.4) is 0 Å². The zero-order chi connectivity index (χ0) is 11.5. The Kier molecular flexibility index (Phi) is 3.41. The molecule has 1 atom stereocenters. The van der Waals surface area contributed by atoms with Crippen molar-refractivity contribution in [2.24, 2.45) is 0 Å². The van der Waals surface area contributed by atoms with Crippen LogP contribution in [-0.4, -0.2) is 11.5 Å². The first-order chi connectivity index (χ1) is 7.72. The number of furan rings is 1. The molecule has 3 nitrogen and oxygen atoms in total. The molecule has 1 N–H and O–H groups in total. The van der Waals surface area contributed by atoms with Crippen LogP contribution in [0.4, 0.5) is 0 Å². The zero-order valence-corrected chi connectivity index (χ0v) is 10.6. The summed E-state index contributed by atoms with van der Waals surface area (Å²) in [5, 5.41) is 5.52. The third kappa shape index (κ3) is 2.18. The largest absolute Gasteiger partial charge is 0.466 e. The van der Waals surface area contributed by atoms with Crippen LogP contribution in [-0.2, 0) is 0 Å². The smallest absolute Gasteiger partial charge is 0.106 e. The van der Waals surface area contributed by atoms with Crippen LogP contribution < -0.4 is 5.32 Å². The van der Waals surface area contributed by atoms with Crippen molar-refractivity contribution in [1.29, 1.82) is 0 Å². The van der Waals surface area contributed by atoms with Crippen molar-refractivity contribution in [3.63, 3.8) is 0 Å². The van der Waals surface area contributed by atoms with E-state index >= 15 is 0 Å². The van der Waals surface area contributed by atoms with Crippen LogP contribution in [0.5, 0.6) is 0 Å². The Balaban J connectivity index is 2.36. The Hall–Kier alpha value is -1.13. The molecule has 16 heavy (non-hydrogen) atoms. The van der Waals surface area contributed by atoms with Gasteiger partial charge in [0.2, 0.25) is 0 Å². The SMILES string of the molecule is CCNC(c1cscn1)c1cc(C)oc1C. The van der Waals surface area contributed by atoms with E-state index < -0.39 is 0 Å². The van der Waals surface area contributed by atoms with Gasteiger partial charge < -0.3 is 9.73 Å². The van der Waals surface area contributed by atoms with Gasteiger partial charge in [0, 0.05) is 10.9 Å². The molecular weight excluding hydrogens is 220 g/mol. The molecule has 2 aromatic rings. The van der Waals surface area contributed by atoms with Gasteiger partial charge in [-0.1, -0.05) is 6.92 Å². The molecule has 2 aromatic heterocycles. The van der Waals surface area contributed by atoms with Crippen molar-refractivity contribution in [3.05, 3.63) is 39.7 Å². The average molecular weight is 236 g/mol. The highest BCUT2D eigenvalue weighted by Crippen LogP contribution is 2.27. The normalized spacial score (nSPS) is 12.9. The van der Waals surface area contributed by atoms with Crippen LogP contribution in [0, 0.1) is 13.8 Å². The van der Waals surface area contributed by atoms with E-state index in [2.05, 4.69) is 28.7 Å². The Morgan fingerprint density at radius 2 is 2.31 bits per heavy atom. The van der Waals surface area contributed by atoms with Gasteiger partial charge in [0.15, 0.2) is 0 Å². The van der Waals surface area contributed by atoms with Crippen LogP contribution in [0.25, 0.3) is 0 Å². The van der Waals surface area contributed by atoms with E-state index in [1.54, 1.807) is 11.3 Å². The number of hydrogen-bond acceptors (Lipinski definition) is 4. The maximum absolute atomic E-state index is 5.58. The molecule has 0 bridgehead atoms. The predicted molar refractivity (Wildman–Crippen MR) is 65.8 cm³/mol. The molecule has 0 aliphatic heterocycles. The monoisotopic (exact) mass is 236 g/mol. The minimum Gasteiger partial charge on any atom is -0.466 e. The molecule has 0 spiro atoms. The summed E-state index contributed by atoms with van der Waals surface area (Å²) in [5.41, 5.74) is 4.11. The highest BCUT2D eigenvalue weighted by atomic mass is 32.1. The van der Waals surface area contributed by atoms with Gasteiger partial charge in [-0.05, 0) is 26.5 Å². The first-order valence-electron chi connectivity index (χ1n) is 5.40. The van der Waals surface area contributed by atoms with Gasteiger partial charge in [0.05, 0.1) is 17.2 Å². The second-order valence-corrected chi connectivity index (χ2v) is 4.49. The standard InChI is InChI=1S/C12H16N2OS/c1-4-13-12(11-6-16-7-14-11)10-5-8(2)15-9(10)3/h5-7,12-13H,4H2,1-3H3. The minimum absolute atomic E-state index is 0.147. The highest BCUT2D eigenvalue weighted by Gasteiger charge is 2.19. The first kappa shape index (κ1) is 11.4. The van der Waals surface area contributed by atoms with E-state index in [0.717, 1.165) is 23.8 Å². The molecule has 86 valence electrons. The van der Waals surface area contributed by atoms with Crippen LogP contribution >= 0.6 is 11.3 Å². The Bertz CT molecular complexity index is 448.